The average Bonchev–Trinajstić information content (AvgIpc) is 3.33. The molecule has 1 amide bonds. The fourth-order valence-electron chi connectivity index (χ4n) is 3.83. The second kappa shape index (κ2) is 10.1. The first kappa shape index (κ1) is 20.9. The number of hydrogen-bond donors (Lipinski definition) is 1. The molecule has 0 spiro atoms. The number of carbonyl (C=O) groups excluding carboxylic acids is 1. The minimum Gasteiger partial charge on any atom is -0.497 e. The molecule has 3 aromatic rings. The zero-order valence-electron chi connectivity index (χ0n) is 17.8. The van der Waals surface area contributed by atoms with E-state index >= 15 is 0 Å². The Bertz CT molecular complexity index is 964. The van der Waals surface area contributed by atoms with Crippen molar-refractivity contribution in [2.45, 2.75) is 25.7 Å². The van der Waals surface area contributed by atoms with Crippen LogP contribution in [-0.4, -0.2) is 42.8 Å². The van der Waals surface area contributed by atoms with E-state index in [-0.39, 0.29) is 11.8 Å². The number of methoxy groups -OCH3 is 1. The van der Waals surface area contributed by atoms with Gasteiger partial charge in [-0.1, -0.05) is 35.5 Å². The Kier molecular flexibility index (Phi) is 6.82. The summed E-state index contributed by atoms with van der Waals surface area (Å²) < 4.78 is 10.6. The van der Waals surface area contributed by atoms with Gasteiger partial charge in [-0.3, -0.25) is 4.79 Å². The molecule has 7 heteroatoms. The number of benzene rings is 2. The number of aryl methyl sites for hydroxylation is 1. The van der Waals surface area contributed by atoms with Gasteiger partial charge < -0.3 is 19.5 Å². The summed E-state index contributed by atoms with van der Waals surface area (Å²) in [7, 11) is 1.64. The Labute approximate surface area is 182 Å². The second-order valence-corrected chi connectivity index (χ2v) is 7.77. The summed E-state index contributed by atoms with van der Waals surface area (Å²) in [5, 5.41) is 7.19. The molecule has 1 aliphatic heterocycles. The fraction of sp³-hybridized carbons (Fsp3) is 0.375. The standard InChI is InChI=1S/C24H28N4O3/c1-30-21-11-9-19(10-12-21)22-26-24(31-27-22)28-16-13-20(14-17-28)23(29)25-15-5-8-18-6-3-2-4-7-18/h2-4,6-7,9-12,20H,5,8,13-17H2,1H3,(H,25,29). The van der Waals surface area contributed by atoms with Crippen molar-refractivity contribution < 1.29 is 14.1 Å². The third-order valence-electron chi connectivity index (χ3n) is 5.68. The van der Waals surface area contributed by atoms with Crippen LogP contribution in [0.25, 0.3) is 11.4 Å². The van der Waals surface area contributed by atoms with E-state index in [1.54, 1.807) is 7.11 Å². The lowest BCUT2D eigenvalue weighted by Crippen LogP contribution is -2.41. The van der Waals surface area contributed by atoms with E-state index in [1.165, 1.54) is 5.56 Å². The first-order valence-corrected chi connectivity index (χ1v) is 10.8. The van der Waals surface area contributed by atoms with Gasteiger partial charge in [-0.25, -0.2) is 0 Å². The number of rotatable bonds is 8. The molecule has 0 unspecified atom stereocenters. The maximum atomic E-state index is 12.5. The molecule has 2 aromatic carbocycles. The largest absolute Gasteiger partial charge is 0.497 e. The molecule has 0 saturated carbocycles. The Hall–Kier alpha value is -3.35. The van der Waals surface area contributed by atoms with Crippen LogP contribution in [0.1, 0.15) is 24.8 Å². The van der Waals surface area contributed by atoms with Gasteiger partial charge in [-0.15, -0.1) is 0 Å². The quantitative estimate of drug-likeness (QED) is 0.560. The monoisotopic (exact) mass is 420 g/mol. The summed E-state index contributed by atoms with van der Waals surface area (Å²) >= 11 is 0. The number of ether oxygens (including phenoxy) is 1. The molecule has 162 valence electrons. The van der Waals surface area contributed by atoms with Crippen LogP contribution in [0.5, 0.6) is 5.75 Å². The van der Waals surface area contributed by atoms with Crippen molar-refractivity contribution in [2.75, 3.05) is 31.6 Å². The fourth-order valence-corrected chi connectivity index (χ4v) is 3.83. The van der Waals surface area contributed by atoms with Crippen LogP contribution in [0, 0.1) is 5.92 Å². The summed E-state index contributed by atoms with van der Waals surface area (Å²) in [4.78, 5) is 19.1. The molecule has 0 aliphatic carbocycles. The zero-order valence-corrected chi connectivity index (χ0v) is 17.8. The van der Waals surface area contributed by atoms with E-state index in [9.17, 15) is 4.79 Å². The van der Waals surface area contributed by atoms with E-state index in [2.05, 4.69) is 32.5 Å². The maximum Gasteiger partial charge on any atom is 0.324 e. The Morgan fingerprint density at radius 1 is 1.13 bits per heavy atom. The molecular weight excluding hydrogens is 392 g/mol. The predicted octanol–water partition coefficient (Wildman–Crippen LogP) is 3.71. The van der Waals surface area contributed by atoms with Crippen LogP contribution in [0.15, 0.2) is 59.1 Å². The van der Waals surface area contributed by atoms with Gasteiger partial charge in [-0.05, 0) is 55.5 Å². The molecule has 0 bridgehead atoms. The normalized spacial score (nSPS) is 14.4. The highest BCUT2D eigenvalue weighted by atomic mass is 16.5. The lowest BCUT2D eigenvalue weighted by Gasteiger charge is -2.29. The first-order chi connectivity index (χ1) is 15.2. The van der Waals surface area contributed by atoms with Crippen molar-refractivity contribution in [3.05, 3.63) is 60.2 Å². The highest BCUT2D eigenvalue weighted by Gasteiger charge is 2.27. The minimum absolute atomic E-state index is 0.0388. The van der Waals surface area contributed by atoms with Crippen LogP contribution in [0.2, 0.25) is 0 Å². The smallest absolute Gasteiger partial charge is 0.324 e. The number of anilines is 1. The lowest BCUT2D eigenvalue weighted by atomic mass is 9.96. The summed E-state index contributed by atoms with van der Waals surface area (Å²) in [6.07, 6.45) is 3.49. The van der Waals surface area contributed by atoms with Gasteiger partial charge in [0.25, 0.3) is 0 Å². The van der Waals surface area contributed by atoms with E-state index < -0.39 is 0 Å². The molecule has 31 heavy (non-hydrogen) atoms. The molecule has 4 rings (SSSR count). The highest BCUT2D eigenvalue weighted by molar-refractivity contribution is 5.78. The van der Waals surface area contributed by atoms with Gasteiger partial charge in [0.05, 0.1) is 7.11 Å². The zero-order chi connectivity index (χ0) is 21.5. The Morgan fingerprint density at radius 2 is 1.87 bits per heavy atom. The van der Waals surface area contributed by atoms with E-state index in [4.69, 9.17) is 9.26 Å². The van der Waals surface area contributed by atoms with Crippen LogP contribution in [-0.2, 0) is 11.2 Å². The number of piperidine rings is 1. The summed E-state index contributed by atoms with van der Waals surface area (Å²) in [6, 6.07) is 18.4. The molecule has 0 radical (unpaired) electrons. The molecule has 1 N–H and O–H groups in total. The topological polar surface area (TPSA) is 80.5 Å². The number of nitrogens with zero attached hydrogens (tertiary/aromatic N) is 3. The Balaban J connectivity index is 1.22. The van der Waals surface area contributed by atoms with Crippen molar-refractivity contribution in [3.63, 3.8) is 0 Å². The van der Waals surface area contributed by atoms with Crippen molar-refractivity contribution >= 4 is 11.9 Å². The molecule has 0 atom stereocenters. The van der Waals surface area contributed by atoms with Gasteiger partial charge in [0, 0.05) is 31.1 Å². The number of nitrogens with one attached hydrogen (secondary N) is 1. The molecule has 1 saturated heterocycles. The minimum atomic E-state index is 0.0388. The van der Waals surface area contributed by atoms with E-state index in [0.29, 0.717) is 18.4 Å². The number of aromatic nitrogens is 2. The number of carbonyl (C=O) groups is 1. The van der Waals surface area contributed by atoms with Gasteiger partial charge in [0.15, 0.2) is 0 Å². The summed E-state index contributed by atoms with van der Waals surface area (Å²) in [5.74, 6) is 1.53. The Morgan fingerprint density at radius 3 is 2.58 bits per heavy atom. The van der Waals surface area contributed by atoms with Gasteiger partial charge in [0.1, 0.15) is 5.75 Å². The maximum absolute atomic E-state index is 12.5. The number of hydrogen-bond acceptors (Lipinski definition) is 6. The van der Waals surface area contributed by atoms with E-state index in [0.717, 1.165) is 50.1 Å². The number of amides is 1. The molecule has 1 aromatic heterocycles. The first-order valence-electron chi connectivity index (χ1n) is 10.8. The van der Waals surface area contributed by atoms with Crippen molar-refractivity contribution in [3.8, 4) is 17.1 Å². The third kappa shape index (κ3) is 5.42. The van der Waals surface area contributed by atoms with Crippen LogP contribution < -0.4 is 15.0 Å². The van der Waals surface area contributed by atoms with Crippen LogP contribution >= 0.6 is 0 Å². The van der Waals surface area contributed by atoms with Crippen molar-refractivity contribution in [1.82, 2.24) is 15.5 Å². The average molecular weight is 421 g/mol. The van der Waals surface area contributed by atoms with Gasteiger partial charge in [0.2, 0.25) is 11.7 Å². The molecule has 7 nitrogen and oxygen atoms in total. The van der Waals surface area contributed by atoms with Crippen LogP contribution in [0.3, 0.4) is 0 Å². The molecule has 1 aliphatic rings. The second-order valence-electron chi connectivity index (χ2n) is 7.77. The lowest BCUT2D eigenvalue weighted by molar-refractivity contribution is -0.125. The van der Waals surface area contributed by atoms with Crippen LogP contribution in [0.4, 0.5) is 6.01 Å². The third-order valence-corrected chi connectivity index (χ3v) is 5.68. The SMILES string of the molecule is COc1ccc(-c2noc(N3CCC(C(=O)NCCCc4ccccc4)CC3)n2)cc1. The van der Waals surface area contributed by atoms with Gasteiger partial charge >= 0.3 is 6.01 Å². The van der Waals surface area contributed by atoms with Crippen molar-refractivity contribution in [2.24, 2.45) is 5.92 Å². The molecule has 2 heterocycles. The van der Waals surface area contributed by atoms with Gasteiger partial charge in [-0.2, -0.15) is 4.98 Å². The summed E-state index contributed by atoms with van der Waals surface area (Å²) in [6.45, 7) is 2.17. The van der Waals surface area contributed by atoms with E-state index in [1.807, 2.05) is 42.5 Å². The molecular formula is C24H28N4O3. The molecule has 1 fully saturated rings. The summed E-state index contributed by atoms with van der Waals surface area (Å²) in [5.41, 5.74) is 2.18. The van der Waals surface area contributed by atoms with Crippen molar-refractivity contribution in [1.29, 1.82) is 0 Å². The highest BCUT2D eigenvalue weighted by Crippen LogP contribution is 2.25. The predicted molar refractivity (Wildman–Crippen MR) is 119 cm³/mol.